The fourth-order valence-electron chi connectivity index (χ4n) is 2.41. The maximum absolute atomic E-state index is 14.0. The van der Waals surface area contributed by atoms with Gasteiger partial charge in [0.2, 0.25) is 0 Å². The number of rotatable bonds is 3. The van der Waals surface area contributed by atoms with Gasteiger partial charge in [-0.15, -0.1) is 0 Å². The number of hydrogen-bond acceptors (Lipinski definition) is 3. The van der Waals surface area contributed by atoms with Gasteiger partial charge in [0.15, 0.2) is 6.19 Å². The zero-order valence-corrected chi connectivity index (χ0v) is 10.9. The monoisotopic (exact) mass is 265 g/mol. The zero-order valence-electron chi connectivity index (χ0n) is 10.9. The second kappa shape index (κ2) is 5.98. The highest BCUT2D eigenvalue weighted by Crippen LogP contribution is 2.20. The molecule has 5 heteroatoms. The number of halogens is 2. The number of nitrogens with zero attached hydrogens (tertiary/aromatic N) is 3. The Labute approximate surface area is 112 Å². The Balaban J connectivity index is 2.04. The fourth-order valence-corrected chi connectivity index (χ4v) is 2.41. The predicted octanol–water partition coefficient (Wildman–Crippen LogP) is 2.15. The van der Waals surface area contributed by atoms with Crippen LogP contribution < -0.4 is 0 Å². The Kier molecular flexibility index (Phi) is 4.33. The van der Waals surface area contributed by atoms with E-state index in [1.807, 2.05) is 11.9 Å². The Bertz CT molecular complexity index is 455. The van der Waals surface area contributed by atoms with Gasteiger partial charge < -0.3 is 9.80 Å². The molecule has 2 atom stereocenters. The number of likely N-dealkylation sites (tertiary alicyclic amines) is 1. The lowest BCUT2D eigenvalue weighted by Gasteiger charge is -2.36. The minimum atomic E-state index is -1.03. The van der Waals surface area contributed by atoms with Crippen molar-refractivity contribution in [2.75, 3.05) is 20.1 Å². The zero-order chi connectivity index (χ0) is 13.8. The first-order valence-corrected chi connectivity index (χ1v) is 6.33. The number of nitriles is 1. The SMILES string of the molecule is CN1CC[C@H](N(C#N)Cc2ccc(F)cc2)[C@H](F)C1. The van der Waals surface area contributed by atoms with E-state index in [2.05, 4.69) is 6.19 Å². The molecule has 0 aliphatic carbocycles. The standard InChI is InChI=1S/C14H17F2N3/c1-18-7-6-14(13(16)9-18)19(10-17)8-11-2-4-12(15)5-3-11/h2-5,13-14H,6-9H2,1H3/t13-,14+/m1/s1. The topological polar surface area (TPSA) is 30.3 Å². The summed E-state index contributed by atoms with van der Waals surface area (Å²) in [6.07, 6.45) is 1.66. The van der Waals surface area contributed by atoms with Crippen LogP contribution in [0.4, 0.5) is 8.78 Å². The largest absolute Gasteiger partial charge is 0.303 e. The fraction of sp³-hybridized carbons (Fsp3) is 0.500. The molecular weight excluding hydrogens is 248 g/mol. The Morgan fingerprint density at radius 2 is 2.11 bits per heavy atom. The molecule has 0 N–H and O–H groups in total. The van der Waals surface area contributed by atoms with Crippen molar-refractivity contribution >= 4 is 0 Å². The average molecular weight is 265 g/mol. The van der Waals surface area contributed by atoms with Gasteiger partial charge in [0.05, 0.1) is 12.6 Å². The first kappa shape index (κ1) is 13.8. The number of hydrogen-bond donors (Lipinski definition) is 0. The number of piperidine rings is 1. The van der Waals surface area contributed by atoms with Crippen LogP contribution in [0.5, 0.6) is 0 Å². The Morgan fingerprint density at radius 3 is 2.68 bits per heavy atom. The molecule has 0 amide bonds. The molecule has 2 rings (SSSR count). The third-order valence-electron chi connectivity index (χ3n) is 3.51. The van der Waals surface area contributed by atoms with E-state index in [0.717, 1.165) is 12.1 Å². The van der Waals surface area contributed by atoms with E-state index in [9.17, 15) is 14.0 Å². The van der Waals surface area contributed by atoms with Crippen LogP contribution in [0.15, 0.2) is 24.3 Å². The summed E-state index contributed by atoms with van der Waals surface area (Å²) in [5.74, 6) is -0.310. The van der Waals surface area contributed by atoms with E-state index in [-0.39, 0.29) is 11.9 Å². The highest BCUT2D eigenvalue weighted by molar-refractivity contribution is 5.16. The molecule has 1 saturated heterocycles. The van der Waals surface area contributed by atoms with E-state index in [1.165, 1.54) is 17.0 Å². The summed E-state index contributed by atoms with van der Waals surface area (Å²) in [5.41, 5.74) is 0.814. The minimum absolute atomic E-state index is 0.310. The smallest absolute Gasteiger partial charge is 0.179 e. The molecule has 1 aromatic carbocycles. The van der Waals surface area contributed by atoms with Crippen LogP contribution in [0.1, 0.15) is 12.0 Å². The molecule has 0 spiro atoms. The van der Waals surface area contributed by atoms with Crippen molar-refractivity contribution in [3.8, 4) is 6.19 Å². The molecule has 1 aromatic rings. The molecule has 1 aliphatic heterocycles. The van der Waals surface area contributed by atoms with E-state index < -0.39 is 6.17 Å². The van der Waals surface area contributed by atoms with Crippen molar-refractivity contribution in [1.82, 2.24) is 9.80 Å². The van der Waals surface area contributed by atoms with Gasteiger partial charge >= 0.3 is 0 Å². The molecule has 0 saturated carbocycles. The summed E-state index contributed by atoms with van der Waals surface area (Å²) in [6, 6.07) is 5.58. The van der Waals surface area contributed by atoms with Crippen molar-refractivity contribution in [1.29, 1.82) is 5.26 Å². The molecule has 0 bridgehead atoms. The summed E-state index contributed by atoms with van der Waals surface area (Å²) >= 11 is 0. The summed E-state index contributed by atoms with van der Waals surface area (Å²) in [4.78, 5) is 3.39. The molecule has 0 unspecified atom stereocenters. The van der Waals surface area contributed by atoms with Gasteiger partial charge in [0.1, 0.15) is 12.0 Å². The first-order valence-electron chi connectivity index (χ1n) is 6.33. The molecular formula is C14H17F2N3. The van der Waals surface area contributed by atoms with Gasteiger partial charge in [0.25, 0.3) is 0 Å². The van der Waals surface area contributed by atoms with Crippen LogP contribution in [0.3, 0.4) is 0 Å². The maximum Gasteiger partial charge on any atom is 0.179 e. The molecule has 1 aliphatic rings. The first-order chi connectivity index (χ1) is 9.10. The van der Waals surface area contributed by atoms with E-state index >= 15 is 0 Å². The van der Waals surface area contributed by atoms with E-state index in [1.54, 1.807) is 12.1 Å². The predicted molar refractivity (Wildman–Crippen MR) is 68.4 cm³/mol. The van der Waals surface area contributed by atoms with E-state index in [4.69, 9.17) is 0 Å². The van der Waals surface area contributed by atoms with Crippen LogP contribution in [0.25, 0.3) is 0 Å². The second-order valence-corrected chi connectivity index (χ2v) is 4.99. The number of alkyl halides is 1. The van der Waals surface area contributed by atoms with Crippen LogP contribution in [-0.4, -0.2) is 42.2 Å². The van der Waals surface area contributed by atoms with Crippen LogP contribution in [0, 0.1) is 17.3 Å². The van der Waals surface area contributed by atoms with Gasteiger partial charge in [-0.05, 0) is 31.2 Å². The summed E-state index contributed by atoms with van der Waals surface area (Å²) in [6.45, 7) is 1.46. The van der Waals surface area contributed by atoms with Crippen molar-refractivity contribution < 1.29 is 8.78 Å². The van der Waals surface area contributed by atoms with Crippen molar-refractivity contribution in [2.24, 2.45) is 0 Å². The number of benzene rings is 1. The summed E-state index contributed by atoms with van der Waals surface area (Å²) < 4.78 is 26.8. The van der Waals surface area contributed by atoms with E-state index in [0.29, 0.717) is 19.5 Å². The molecule has 1 fully saturated rings. The lowest BCUT2D eigenvalue weighted by Crippen LogP contribution is -2.49. The van der Waals surface area contributed by atoms with Gasteiger partial charge in [0, 0.05) is 13.1 Å². The van der Waals surface area contributed by atoms with Gasteiger partial charge in [-0.2, -0.15) is 5.26 Å². The molecule has 102 valence electrons. The van der Waals surface area contributed by atoms with Crippen molar-refractivity contribution in [2.45, 2.75) is 25.2 Å². The third-order valence-corrected chi connectivity index (χ3v) is 3.51. The third kappa shape index (κ3) is 3.42. The lowest BCUT2D eigenvalue weighted by atomic mass is 10.0. The summed E-state index contributed by atoms with van der Waals surface area (Å²) in [5, 5.41) is 9.20. The Morgan fingerprint density at radius 1 is 1.42 bits per heavy atom. The lowest BCUT2D eigenvalue weighted by molar-refractivity contribution is 0.0693. The van der Waals surface area contributed by atoms with Gasteiger partial charge in [-0.1, -0.05) is 12.1 Å². The molecule has 19 heavy (non-hydrogen) atoms. The maximum atomic E-state index is 14.0. The van der Waals surface area contributed by atoms with Gasteiger partial charge in [-0.25, -0.2) is 8.78 Å². The average Bonchev–Trinajstić information content (AvgIpc) is 2.39. The molecule has 0 radical (unpaired) electrons. The second-order valence-electron chi connectivity index (χ2n) is 4.99. The van der Waals surface area contributed by atoms with Crippen LogP contribution in [-0.2, 0) is 6.54 Å². The highest BCUT2D eigenvalue weighted by Gasteiger charge is 2.32. The van der Waals surface area contributed by atoms with Crippen LogP contribution >= 0.6 is 0 Å². The minimum Gasteiger partial charge on any atom is -0.303 e. The van der Waals surface area contributed by atoms with Crippen molar-refractivity contribution in [3.05, 3.63) is 35.6 Å². The molecule has 3 nitrogen and oxygen atoms in total. The summed E-state index contributed by atoms with van der Waals surface area (Å²) in [7, 11) is 1.87. The quantitative estimate of drug-likeness (QED) is 0.619. The van der Waals surface area contributed by atoms with Crippen LogP contribution in [0.2, 0.25) is 0 Å². The van der Waals surface area contributed by atoms with Gasteiger partial charge in [-0.3, -0.25) is 0 Å². The molecule has 1 heterocycles. The molecule has 0 aromatic heterocycles. The normalized spacial score (nSPS) is 23.9. The highest BCUT2D eigenvalue weighted by atomic mass is 19.1. The Hall–Kier alpha value is -1.67. The van der Waals surface area contributed by atoms with Crippen molar-refractivity contribution in [3.63, 3.8) is 0 Å².